The zero-order valence-corrected chi connectivity index (χ0v) is 38.9. The third-order valence-electron chi connectivity index (χ3n) is 12.0. The maximum absolute atomic E-state index is 11.1. The number of aromatic amines is 1. The molecule has 0 amide bonds. The molecular weight excluding hydrogens is 848 g/mol. The zero-order chi connectivity index (χ0) is 45.3. The van der Waals surface area contributed by atoms with Crippen molar-refractivity contribution in [3.05, 3.63) is 112 Å². The molecule has 1 unspecified atom stereocenters. The number of fused-ring (bicyclic) bond motifs is 1. The van der Waals surface area contributed by atoms with Gasteiger partial charge in [0.25, 0.3) is 0 Å². The lowest BCUT2D eigenvalue weighted by molar-refractivity contribution is -0.107. The number of H-pyrrole nitrogens is 1. The van der Waals surface area contributed by atoms with Crippen LogP contribution in [0.1, 0.15) is 79.9 Å². The van der Waals surface area contributed by atoms with E-state index in [0.29, 0.717) is 64.4 Å². The normalized spacial score (nSPS) is 19.3. The van der Waals surface area contributed by atoms with E-state index >= 15 is 0 Å². The first-order valence-corrected chi connectivity index (χ1v) is 23.1. The van der Waals surface area contributed by atoms with E-state index < -0.39 is 6.10 Å². The molecule has 0 bridgehead atoms. The fourth-order valence-electron chi connectivity index (χ4n) is 8.41. The molecule has 4 aromatic rings. The molecule has 4 heterocycles. The number of anilines is 1. The van der Waals surface area contributed by atoms with Crippen molar-refractivity contribution < 1.29 is 9.53 Å². The second-order valence-corrected chi connectivity index (χ2v) is 17.1. The summed E-state index contributed by atoms with van der Waals surface area (Å²) < 4.78 is 6.32. The summed E-state index contributed by atoms with van der Waals surface area (Å²) in [5.41, 5.74) is 6.29. The van der Waals surface area contributed by atoms with E-state index in [1.807, 2.05) is 44.4 Å². The standard InChI is InChI=1S/C48H64Cl2N12O2/c1-33(46-42(49)29-57-30-43(46)50)64-39-10-12-44-41(27-39)47(60-59-44)38-8-5-6-17-54-18-13-35(14-19-55-20-21-56-32-58-28-38)31-61-23-15-36(16-24-61)37-9-11-40(45(26-37)53-4)48(51)62(22-7-25-63)34(2)52-3/h5,8-12,25-30,32-33,35-36,51-55H,2,6-7,13-24,31H2,1,3-4H3,(H,56,58)(H,59,60)/b8-5-,38-28+,51-48?/t33-,35?/m1/s1. The van der Waals surface area contributed by atoms with Crippen LogP contribution in [0.2, 0.25) is 10.0 Å². The van der Waals surface area contributed by atoms with Gasteiger partial charge in [-0.05, 0) is 119 Å². The molecule has 0 spiro atoms. The van der Waals surface area contributed by atoms with E-state index in [0.717, 1.165) is 118 Å². The van der Waals surface area contributed by atoms with Crippen molar-refractivity contribution in [1.82, 2.24) is 46.2 Å². The number of aromatic nitrogens is 3. The Morgan fingerprint density at radius 3 is 2.55 bits per heavy atom. The smallest absolute Gasteiger partial charge is 0.135 e. The molecular formula is C48H64Cl2N12O2. The Hall–Kier alpha value is -5.25. The number of carbonyl (C=O) groups excluding carboxylic acids is 1. The van der Waals surface area contributed by atoms with Crippen molar-refractivity contribution in [1.29, 1.82) is 5.41 Å². The van der Waals surface area contributed by atoms with E-state index in [9.17, 15) is 4.79 Å². The quantitative estimate of drug-likeness (QED) is 0.0376. The molecule has 0 aliphatic carbocycles. The average Bonchev–Trinajstić information content (AvgIpc) is 3.72. The average molecular weight is 912 g/mol. The number of hydrogen-bond acceptors (Lipinski definition) is 12. The van der Waals surface area contributed by atoms with E-state index in [1.165, 1.54) is 5.56 Å². The number of hydrogen-bond donors (Lipinski definition) is 7. The molecule has 2 atom stereocenters. The van der Waals surface area contributed by atoms with Gasteiger partial charge in [-0.25, -0.2) is 0 Å². The summed E-state index contributed by atoms with van der Waals surface area (Å²) in [6, 6.07) is 12.3. The van der Waals surface area contributed by atoms with Crippen LogP contribution in [0.15, 0.2) is 84.5 Å². The van der Waals surface area contributed by atoms with Crippen LogP contribution in [0.5, 0.6) is 5.75 Å². The highest BCUT2D eigenvalue weighted by atomic mass is 35.5. The number of rotatable bonds is 14. The first kappa shape index (κ1) is 48.2. The number of ether oxygens (including phenoxy) is 1. The topological polar surface area (TPSA) is 171 Å². The third-order valence-corrected chi connectivity index (χ3v) is 12.6. The maximum Gasteiger partial charge on any atom is 0.135 e. The van der Waals surface area contributed by atoms with Gasteiger partial charge in [-0.1, -0.05) is 48.0 Å². The van der Waals surface area contributed by atoms with Gasteiger partial charge in [-0.2, -0.15) is 5.10 Å². The van der Waals surface area contributed by atoms with Crippen molar-refractivity contribution in [3.8, 4) is 5.75 Å². The number of amidine groups is 1. The second kappa shape index (κ2) is 24.7. The van der Waals surface area contributed by atoms with Gasteiger partial charge in [0.1, 0.15) is 29.7 Å². The number of halogens is 2. The second-order valence-electron chi connectivity index (χ2n) is 16.3. The summed E-state index contributed by atoms with van der Waals surface area (Å²) in [6.07, 6.45) is 17.2. The molecule has 16 heteroatoms. The summed E-state index contributed by atoms with van der Waals surface area (Å²) in [7, 11) is 3.67. The number of benzene rings is 2. The van der Waals surface area contributed by atoms with Crippen molar-refractivity contribution in [2.24, 2.45) is 10.9 Å². The number of carbonyl (C=O) groups is 1. The number of allylic oxidation sites excluding steroid dienone is 2. The monoisotopic (exact) mass is 910 g/mol. The fourth-order valence-corrected chi connectivity index (χ4v) is 9.09. The predicted molar refractivity (Wildman–Crippen MR) is 263 cm³/mol. The summed E-state index contributed by atoms with van der Waals surface area (Å²) >= 11 is 12.8. The van der Waals surface area contributed by atoms with Crippen LogP contribution >= 0.6 is 23.2 Å². The van der Waals surface area contributed by atoms with Gasteiger partial charge in [0.05, 0.1) is 34.3 Å². The van der Waals surface area contributed by atoms with Crippen molar-refractivity contribution in [2.45, 2.75) is 57.5 Å². The molecule has 0 saturated carbocycles. The third kappa shape index (κ3) is 13.2. The molecule has 0 radical (unpaired) electrons. The van der Waals surface area contributed by atoms with Gasteiger partial charge in [-0.3, -0.25) is 20.5 Å². The number of aliphatic imine (C=N–C) groups is 1. The lowest BCUT2D eigenvalue weighted by Crippen LogP contribution is -2.38. The highest BCUT2D eigenvalue weighted by Gasteiger charge is 2.25. The van der Waals surface area contributed by atoms with Crippen LogP contribution in [0.3, 0.4) is 0 Å². The first-order valence-electron chi connectivity index (χ1n) is 22.4. The largest absolute Gasteiger partial charge is 0.486 e. The Morgan fingerprint density at radius 2 is 1.81 bits per heavy atom. The Kier molecular flexibility index (Phi) is 18.6. The fraction of sp³-hybridized carbons (Fsp3) is 0.438. The Labute approximate surface area is 387 Å². The highest BCUT2D eigenvalue weighted by Crippen LogP contribution is 2.35. The molecule has 14 nitrogen and oxygen atoms in total. The van der Waals surface area contributed by atoms with Crippen molar-refractivity contribution in [2.75, 3.05) is 78.3 Å². The van der Waals surface area contributed by atoms with Gasteiger partial charge in [0.15, 0.2) is 0 Å². The van der Waals surface area contributed by atoms with Crippen LogP contribution in [0.25, 0.3) is 16.5 Å². The minimum absolute atomic E-state index is 0.315. The van der Waals surface area contributed by atoms with Gasteiger partial charge in [0, 0.05) is 86.5 Å². The Bertz CT molecular complexity index is 2250. The minimum Gasteiger partial charge on any atom is -0.486 e. The molecule has 342 valence electrons. The SMILES string of the molecule is C=C(NC)N(CCC=O)C(=N)c1ccc(C2CCN(CC3CCNCC/C=C\C(c4n[nH]c5ccc(O[C@H](C)c6c(Cl)cncc6Cl)cc45)=C/NC=NCCNCC3)CC2)cc1NC. The molecule has 1 fully saturated rings. The number of pyridine rings is 1. The molecule has 64 heavy (non-hydrogen) atoms. The van der Waals surface area contributed by atoms with E-state index in [-0.39, 0.29) is 0 Å². The van der Waals surface area contributed by atoms with E-state index in [4.69, 9.17) is 38.4 Å². The lowest BCUT2D eigenvalue weighted by Gasteiger charge is -2.35. The van der Waals surface area contributed by atoms with Crippen molar-refractivity contribution in [3.63, 3.8) is 0 Å². The number of likely N-dealkylation sites (tertiary alicyclic amines) is 1. The first-order chi connectivity index (χ1) is 31.2. The molecule has 2 aromatic carbocycles. The molecule has 6 rings (SSSR count). The van der Waals surface area contributed by atoms with Gasteiger partial charge >= 0.3 is 0 Å². The van der Waals surface area contributed by atoms with Crippen LogP contribution in [0, 0.1) is 11.3 Å². The van der Waals surface area contributed by atoms with E-state index in [2.05, 4.69) is 77.4 Å². The number of nitrogens with one attached hydrogen (secondary N) is 7. The van der Waals surface area contributed by atoms with Gasteiger partial charge in [-0.15, -0.1) is 0 Å². The summed E-state index contributed by atoms with van der Waals surface area (Å²) in [6.45, 7) is 13.8. The molecule has 2 aliphatic rings. The summed E-state index contributed by atoms with van der Waals surface area (Å²) in [5.74, 6) is 2.61. The molecule has 1 saturated heterocycles. The summed E-state index contributed by atoms with van der Waals surface area (Å²) in [5, 5.41) is 35.6. The van der Waals surface area contributed by atoms with Gasteiger partial charge in [0.2, 0.25) is 0 Å². The van der Waals surface area contributed by atoms with Crippen LogP contribution in [-0.4, -0.2) is 116 Å². The van der Waals surface area contributed by atoms with E-state index in [1.54, 1.807) is 30.7 Å². The van der Waals surface area contributed by atoms with Crippen LogP contribution in [0.4, 0.5) is 5.69 Å². The highest BCUT2D eigenvalue weighted by molar-refractivity contribution is 6.35. The molecule has 7 N–H and O–H groups in total. The predicted octanol–water partition coefficient (Wildman–Crippen LogP) is 7.73. The Morgan fingerprint density at radius 1 is 1.05 bits per heavy atom. The molecule has 2 aliphatic heterocycles. The Balaban J connectivity index is 1.03. The van der Waals surface area contributed by atoms with Crippen LogP contribution < -0.4 is 31.3 Å². The van der Waals surface area contributed by atoms with Gasteiger partial charge < -0.3 is 45.9 Å². The maximum atomic E-state index is 11.1. The van der Waals surface area contributed by atoms with Crippen molar-refractivity contribution >= 4 is 63.8 Å². The lowest BCUT2D eigenvalue weighted by atomic mass is 9.87. The minimum atomic E-state index is -0.393. The summed E-state index contributed by atoms with van der Waals surface area (Å²) in [4.78, 5) is 24.2. The number of piperidine rings is 1. The number of aldehydes is 1. The van der Waals surface area contributed by atoms with Crippen LogP contribution in [-0.2, 0) is 4.79 Å². The number of nitrogens with zero attached hydrogens (tertiary/aromatic N) is 5. The molecule has 2 aromatic heterocycles. The zero-order valence-electron chi connectivity index (χ0n) is 37.4.